The molecule has 2 fully saturated rings. The van der Waals surface area contributed by atoms with Gasteiger partial charge in [0.05, 0.1) is 24.1 Å². The quantitative estimate of drug-likeness (QED) is 0.0262. The number of aliphatic carboxylic acids is 2. The van der Waals surface area contributed by atoms with Crippen LogP contribution in [0, 0.1) is 19.8 Å². The summed E-state index contributed by atoms with van der Waals surface area (Å²) in [6.07, 6.45) is 3.17. The van der Waals surface area contributed by atoms with Gasteiger partial charge in [0.1, 0.15) is 36.0 Å². The number of fused-ring (bicyclic) bond motifs is 1. The van der Waals surface area contributed by atoms with Gasteiger partial charge in [0.2, 0.25) is 41.4 Å². The Morgan fingerprint density at radius 3 is 1.94 bits per heavy atom. The second-order valence-electron chi connectivity index (χ2n) is 21.3. The van der Waals surface area contributed by atoms with Crippen LogP contribution in [0.4, 0.5) is 4.79 Å². The third-order valence-electron chi connectivity index (χ3n) is 14.1. The molecule has 4 rings (SSSR count). The summed E-state index contributed by atoms with van der Waals surface area (Å²) in [5.74, 6) is -8.49. The number of esters is 1. The summed E-state index contributed by atoms with van der Waals surface area (Å²) in [4.78, 5) is 153. The fourth-order valence-electron chi connectivity index (χ4n) is 9.57. The smallest absolute Gasteiger partial charge is 0.339 e. The van der Waals surface area contributed by atoms with Crippen molar-refractivity contribution in [1.29, 1.82) is 0 Å². The van der Waals surface area contributed by atoms with Crippen LogP contribution in [0.5, 0.6) is 5.75 Å². The number of carboxylic acid groups (broad SMARTS) is 2. The molecule has 0 saturated carbocycles. The first kappa shape index (κ1) is 67.7. The molecule has 26 heteroatoms. The molecule has 2 heterocycles. The zero-order valence-corrected chi connectivity index (χ0v) is 48.5. The van der Waals surface area contributed by atoms with E-state index in [1.807, 2.05) is 11.8 Å². The van der Waals surface area contributed by atoms with Crippen LogP contribution in [0.15, 0.2) is 42.5 Å². The number of carbonyl (C=O) groups is 12. The van der Waals surface area contributed by atoms with Crippen molar-refractivity contribution in [2.24, 2.45) is 5.92 Å². The number of carbonyl (C=O) groups excluding carboxylic acids is 10. The predicted molar refractivity (Wildman–Crippen MR) is 305 cm³/mol. The van der Waals surface area contributed by atoms with Crippen molar-refractivity contribution in [2.75, 3.05) is 25.4 Å². The molecule has 25 nitrogen and oxygen atoms in total. The monoisotopic (exact) mass is 1180 g/mol. The van der Waals surface area contributed by atoms with Gasteiger partial charge in [0.15, 0.2) is 12.4 Å². The predicted octanol–water partition coefficient (Wildman–Crippen LogP) is 2.11. The maximum absolute atomic E-state index is 13.7. The molecule has 1 unspecified atom stereocenters. The number of Topliss-reactive ketones (excluding diaryl/α,β-unsaturated/α-hetero) is 1. The van der Waals surface area contributed by atoms with Crippen LogP contribution in [0.25, 0.3) is 0 Å². The number of phenols is 1. The first-order chi connectivity index (χ1) is 39.4. The van der Waals surface area contributed by atoms with Gasteiger partial charge >= 0.3 is 23.9 Å². The molecule has 0 aliphatic carbocycles. The SMILES string of the molecule is CC(=O)N[C@@H](CCCCNC(=O)CCCCC1SC[C@H]2NC(=O)N[C@@H]12)C(=O)N[C@@H](Cc1ccc(O)cc1)C(=O)NCCCCCC(=O)N[C@@H](CCC(=O)O)C(=O)N[C@H](C(=O)N[C@@H](CC(=O)O)C(=O)COC(=O)c1c(C)cccc1C)C(C)C. The Labute approximate surface area is 486 Å². The minimum atomic E-state index is -1.67. The molecule has 0 aromatic heterocycles. The number of hydrogen-bond donors (Lipinski definition) is 12. The average molecular weight is 1180 g/mol. The van der Waals surface area contributed by atoms with Crippen LogP contribution >= 0.6 is 11.8 Å². The van der Waals surface area contributed by atoms with Gasteiger partial charge in [-0.25, -0.2) is 9.59 Å². The molecule has 9 amide bonds. The number of rotatable bonds is 37. The van der Waals surface area contributed by atoms with Crippen LogP contribution in [-0.2, 0) is 59.1 Å². The maximum Gasteiger partial charge on any atom is 0.339 e. The molecule has 12 N–H and O–H groups in total. The molecule has 2 aliphatic rings. The van der Waals surface area contributed by atoms with Crippen molar-refractivity contribution >= 4 is 82.8 Å². The number of ether oxygens (including phenoxy) is 1. The number of benzene rings is 2. The van der Waals surface area contributed by atoms with Gasteiger partial charge < -0.3 is 67.9 Å². The Bertz CT molecular complexity index is 2600. The van der Waals surface area contributed by atoms with E-state index in [0.717, 1.165) is 18.6 Å². The molecule has 8 atom stereocenters. The Hall–Kier alpha value is -7.77. The van der Waals surface area contributed by atoms with Crippen molar-refractivity contribution in [3.63, 3.8) is 0 Å². The Morgan fingerprint density at radius 2 is 1.28 bits per heavy atom. The first-order valence-electron chi connectivity index (χ1n) is 28.1. The number of aromatic hydroxyl groups is 1. The number of aryl methyl sites for hydroxylation is 2. The number of carboxylic acids is 2. The third kappa shape index (κ3) is 23.9. The van der Waals surface area contributed by atoms with Crippen LogP contribution in [0.2, 0.25) is 0 Å². The van der Waals surface area contributed by atoms with E-state index in [-0.39, 0.29) is 74.0 Å². The summed E-state index contributed by atoms with van der Waals surface area (Å²) in [6, 6.07) is 4.69. The lowest BCUT2D eigenvalue weighted by Crippen LogP contribution is -2.57. The zero-order valence-electron chi connectivity index (χ0n) is 47.7. The highest BCUT2D eigenvalue weighted by Crippen LogP contribution is 2.33. The largest absolute Gasteiger partial charge is 0.508 e. The van der Waals surface area contributed by atoms with E-state index >= 15 is 0 Å². The fourth-order valence-corrected chi connectivity index (χ4v) is 11.1. The van der Waals surface area contributed by atoms with Gasteiger partial charge in [-0.1, -0.05) is 57.0 Å². The Balaban J connectivity index is 1.24. The van der Waals surface area contributed by atoms with E-state index in [1.54, 1.807) is 58.0 Å². The van der Waals surface area contributed by atoms with Crippen LogP contribution in [-0.4, -0.2) is 159 Å². The fraction of sp³-hybridized carbons (Fsp3) is 0.579. The van der Waals surface area contributed by atoms with E-state index in [0.29, 0.717) is 67.0 Å². The second-order valence-corrected chi connectivity index (χ2v) is 22.5. The van der Waals surface area contributed by atoms with Crippen molar-refractivity contribution in [2.45, 2.75) is 178 Å². The van der Waals surface area contributed by atoms with E-state index in [4.69, 9.17) is 4.74 Å². The Kier molecular flexibility index (Phi) is 28.3. The molecule has 456 valence electrons. The molecular formula is C57H81N9O16S. The van der Waals surface area contributed by atoms with Gasteiger partial charge in [-0.05, 0) is 100.0 Å². The number of thioether (sulfide) groups is 1. The molecule has 2 saturated heterocycles. The Morgan fingerprint density at radius 1 is 0.651 bits per heavy atom. The molecular weight excluding hydrogens is 1100 g/mol. The van der Waals surface area contributed by atoms with Gasteiger partial charge in [0, 0.05) is 56.7 Å². The van der Waals surface area contributed by atoms with Crippen molar-refractivity contribution < 1.29 is 77.6 Å². The van der Waals surface area contributed by atoms with Crippen molar-refractivity contribution in [1.82, 2.24) is 47.9 Å². The van der Waals surface area contributed by atoms with Crippen molar-refractivity contribution in [3.8, 4) is 5.75 Å². The van der Waals surface area contributed by atoms with Gasteiger partial charge in [0.25, 0.3) is 0 Å². The number of urea groups is 1. The molecule has 0 bridgehead atoms. The minimum Gasteiger partial charge on any atom is -0.508 e. The molecule has 0 radical (unpaired) electrons. The lowest BCUT2D eigenvalue weighted by molar-refractivity contribution is -0.141. The lowest BCUT2D eigenvalue weighted by Gasteiger charge is -2.27. The standard InChI is InChI=1S/C57H81N9O16S/c1-32(2)50(55(79)62-40(29-48(74)75)43(69)30-82-56(80)49-33(3)14-13-15-34(49)4)65-54(78)39(24-25-47(72)73)61-46(71)19-7-6-11-27-59-52(76)41(28-36-20-22-37(68)23-21-36)63-53(77)38(60-35(5)67)16-10-12-26-58-45(70)18-9-8-17-44-51-42(31-83-44)64-57(81)66-51/h13-15,20-23,32,38-42,44,50-51,68H,6-12,16-19,24-31H2,1-5H3,(H,58,70)(H,59,76)(H,60,67)(H,61,71)(H,62,79)(H,63,77)(H,65,78)(H,72,73)(H,74,75)(H2,64,66,81)/t38-,39-,40-,41-,42+,44?,50-,51+/m0/s1. The molecule has 2 aromatic carbocycles. The number of unbranched alkanes of at least 4 members (excludes halogenated alkanes) is 4. The number of amides is 9. The number of ketones is 1. The topological polar surface area (TPSA) is 383 Å². The van der Waals surface area contributed by atoms with Gasteiger partial charge in [-0.15, -0.1) is 0 Å². The average Bonchev–Trinajstić information content (AvgIpc) is 3.90. The van der Waals surface area contributed by atoms with Gasteiger partial charge in [-0.2, -0.15) is 11.8 Å². The summed E-state index contributed by atoms with van der Waals surface area (Å²) < 4.78 is 5.19. The van der Waals surface area contributed by atoms with Crippen molar-refractivity contribution in [3.05, 3.63) is 64.7 Å². The summed E-state index contributed by atoms with van der Waals surface area (Å²) >= 11 is 1.83. The molecule has 0 spiro atoms. The van der Waals surface area contributed by atoms with E-state index in [9.17, 15) is 72.9 Å². The maximum atomic E-state index is 13.7. The normalized spacial score (nSPS) is 16.9. The van der Waals surface area contributed by atoms with E-state index in [2.05, 4.69) is 47.9 Å². The number of hydrogen-bond acceptors (Lipinski definition) is 15. The van der Waals surface area contributed by atoms with Gasteiger partial charge in [-0.3, -0.25) is 47.9 Å². The highest BCUT2D eigenvalue weighted by molar-refractivity contribution is 8.00. The third-order valence-corrected chi connectivity index (χ3v) is 15.6. The molecule has 2 aliphatic heterocycles. The zero-order chi connectivity index (χ0) is 61.2. The van der Waals surface area contributed by atoms with E-state index in [1.165, 1.54) is 19.1 Å². The molecule has 83 heavy (non-hydrogen) atoms. The van der Waals surface area contributed by atoms with Crippen LogP contribution in [0.3, 0.4) is 0 Å². The van der Waals surface area contributed by atoms with Crippen LogP contribution in [0.1, 0.15) is 138 Å². The summed E-state index contributed by atoms with van der Waals surface area (Å²) in [7, 11) is 0. The first-order valence-corrected chi connectivity index (χ1v) is 29.1. The summed E-state index contributed by atoms with van der Waals surface area (Å²) in [5.41, 5.74) is 2.01. The minimum absolute atomic E-state index is 0.00261. The number of nitrogens with one attached hydrogen (secondary N) is 9. The van der Waals surface area contributed by atoms with Crippen LogP contribution < -0.4 is 47.9 Å². The highest BCUT2D eigenvalue weighted by atomic mass is 32.2. The number of phenolic OH excluding ortho intramolecular Hbond substituents is 1. The highest BCUT2D eigenvalue weighted by Gasteiger charge is 2.42. The second kappa shape index (κ2) is 34.6. The van der Waals surface area contributed by atoms with E-state index < -0.39 is 115 Å². The molecule has 2 aromatic rings. The lowest BCUT2D eigenvalue weighted by atomic mass is 10.0. The summed E-state index contributed by atoms with van der Waals surface area (Å²) in [5, 5.41) is 53.5. The summed E-state index contributed by atoms with van der Waals surface area (Å²) in [6.45, 7) is 7.34.